The van der Waals surface area contributed by atoms with E-state index in [4.69, 9.17) is 0 Å². The van der Waals surface area contributed by atoms with Crippen molar-refractivity contribution in [2.45, 2.75) is 32.1 Å². The quantitative estimate of drug-likeness (QED) is 0.613. The molecule has 1 aliphatic heterocycles. The molecule has 1 aromatic rings. The summed E-state index contributed by atoms with van der Waals surface area (Å²) < 4.78 is 1.01. The molecule has 0 bridgehead atoms. The highest BCUT2D eigenvalue weighted by atomic mass is 127. The molecule has 2 aliphatic rings. The van der Waals surface area contributed by atoms with Crippen LogP contribution in [0.3, 0.4) is 0 Å². The Hall–Kier alpha value is -1.44. The van der Waals surface area contributed by atoms with Gasteiger partial charge in [0.15, 0.2) is 0 Å². The third-order valence-electron chi connectivity index (χ3n) is 4.46. The van der Waals surface area contributed by atoms with Crippen LogP contribution in [0, 0.1) is 8.99 Å². The lowest BCUT2D eigenvalue weighted by molar-refractivity contribution is -0.143. The highest BCUT2D eigenvalue weighted by Crippen LogP contribution is 2.46. The first kappa shape index (κ1) is 15.5. The molecule has 116 valence electrons. The van der Waals surface area contributed by atoms with Gasteiger partial charge in [-0.25, -0.2) is 0 Å². The molecule has 0 aromatic heterocycles. The second-order valence-corrected chi connectivity index (χ2v) is 7.25. The first-order valence-corrected chi connectivity index (χ1v) is 8.48. The lowest BCUT2D eigenvalue weighted by atomic mass is 9.84. The lowest BCUT2D eigenvalue weighted by Gasteiger charge is -2.20. The molecule has 3 rings (SSSR count). The topological polar surface area (TPSA) is 66.5 Å². The summed E-state index contributed by atoms with van der Waals surface area (Å²) >= 11 is 2.16. The van der Waals surface area contributed by atoms with E-state index in [0.29, 0.717) is 5.69 Å². The second-order valence-electron chi connectivity index (χ2n) is 6.01. The molecule has 1 aromatic carbocycles. The number of anilines is 1. The van der Waals surface area contributed by atoms with Crippen LogP contribution < -0.4 is 5.32 Å². The molecule has 0 unspecified atom stereocenters. The molecule has 1 aliphatic carbocycles. The number of carbonyl (C=O) groups is 3. The minimum atomic E-state index is -0.514. The van der Waals surface area contributed by atoms with Gasteiger partial charge >= 0.3 is 0 Å². The molecule has 1 saturated carbocycles. The Morgan fingerprint density at radius 3 is 2.68 bits per heavy atom. The van der Waals surface area contributed by atoms with Crippen molar-refractivity contribution in [1.29, 1.82) is 0 Å². The zero-order chi connectivity index (χ0) is 15.7. The summed E-state index contributed by atoms with van der Waals surface area (Å²) in [4.78, 5) is 37.9. The van der Waals surface area contributed by atoms with Gasteiger partial charge in [0.25, 0.3) is 0 Å². The van der Waals surface area contributed by atoms with Gasteiger partial charge in [0.1, 0.15) is 6.54 Å². The number of rotatable bonds is 3. The number of hydrogen-bond donors (Lipinski definition) is 1. The Kier molecular flexibility index (Phi) is 4.20. The smallest absolute Gasteiger partial charge is 0.244 e. The van der Waals surface area contributed by atoms with E-state index in [-0.39, 0.29) is 30.7 Å². The van der Waals surface area contributed by atoms with Crippen LogP contribution in [-0.4, -0.2) is 29.2 Å². The van der Waals surface area contributed by atoms with E-state index in [0.717, 1.165) is 34.2 Å². The van der Waals surface area contributed by atoms with Crippen molar-refractivity contribution in [3.8, 4) is 0 Å². The predicted molar refractivity (Wildman–Crippen MR) is 90.0 cm³/mol. The molecule has 1 heterocycles. The van der Waals surface area contributed by atoms with Gasteiger partial charge < -0.3 is 5.32 Å². The summed E-state index contributed by atoms with van der Waals surface area (Å²) in [7, 11) is 0. The fourth-order valence-corrected chi connectivity index (χ4v) is 3.92. The molecule has 0 radical (unpaired) electrons. The van der Waals surface area contributed by atoms with Crippen molar-refractivity contribution in [2.75, 3.05) is 11.9 Å². The summed E-state index contributed by atoms with van der Waals surface area (Å²) in [6, 6.07) is 7.39. The van der Waals surface area contributed by atoms with Crippen LogP contribution in [0.25, 0.3) is 0 Å². The molecule has 5 nitrogen and oxygen atoms in total. The van der Waals surface area contributed by atoms with E-state index >= 15 is 0 Å². The standard InChI is InChI=1S/C16H17IN2O3/c17-11-4-3-5-12(8-11)18-13(20)10-19-14(21)9-16(15(19)22)6-1-2-7-16/h3-5,8H,1-2,6-7,9-10H2,(H,18,20). The monoisotopic (exact) mass is 412 g/mol. The van der Waals surface area contributed by atoms with E-state index in [2.05, 4.69) is 27.9 Å². The highest BCUT2D eigenvalue weighted by Gasteiger charge is 2.52. The Morgan fingerprint density at radius 2 is 2.00 bits per heavy atom. The Morgan fingerprint density at radius 1 is 1.27 bits per heavy atom. The molecule has 22 heavy (non-hydrogen) atoms. The average Bonchev–Trinajstić information content (AvgIpc) is 3.01. The maximum atomic E-state index is 12.5. The Bertz CT molecular complexity index is 638. The molecule has 1 saturated heterocycles. The zero-order valence-electron chi connectivity index (χ0n) is 12.1. The van der Waals surface area contributed by atoms with Crippen molar-refractivity contribution >= 4 is 46.0 Å². The van der Waals surface area contributed by atoms with Gasteiger partial charge in [0.2, 0.25) is 17.7 Å². The van der Waals surface area contributed by atoms with Crippen LogP contribution in [-0.2, 0) is 14.4 Å². The molecular weight excluding hydrogens is 395 g/mol. The van der Waals surface area contributed by atoms with Gasteiger partial charge in [-0.05, 0) is 53.6 Å². The van der Waals surface area contributed by atoms with Gasteiger partial charge in [0.05, 0.1) is 5.41 Å². The number of hydrogen-bond acceptors (Lipinski definition) is 3. The van der Waals surface area contributed by atoms with Crippen LogP contribution >= 0.6 is 22.6 Å². The van der Waals surface area contributed by atoms with Crippen LogP contribution in [0.5, 0.6) is 0 Å². The maximum Gasteiger partial charge on any atom is 0.244 e. The number of likely N-dealkylation sites (tertiary alicyclic amines) is 1. The minimum absolute atomic E-state index is 0.159. The van der Waals surface area contributed by atoms with Gasteiger partial charge in [-0.3, -0.25) is 19.3 Å². The molecule has 1 spiro atoms. The van der Waals surface area contributed by atoms with Crippen LogP contribution in [0.2, 0.25) is 0 Å². The average molecular weight is 412 g/mol. The fraction of sp³-hybridized carbons (Fsp3) is 0.438. The van der Waals surface area contributed by atoms with Crippen molar-refractivity contribution in [3.63, 3.8) is 0 Å². The minimum Gasteiger partial charge on any atom is -0.324 e. The third kappa shape index (κ3) is 2.88. The third-order valence-corrected chi connectivity index (χ3v) is 5.13. The SMILES string of the molecule is O=C(CN1C(=O)CC2(CCCC2)C1=O)Nc1cccc(I)c1. The van der Waals surface area contributed by atoms with E-state index in [1.54, 1.807) is 6.07 Å². The molecule has 0 atom stereocenters. The molecule has 1 N–H and O–H groups in total. The van der Waals surface area contributed by atoms with E-state index in [9.17, 15) is 14.4 Å². The first-order valence-electron chi connectivity index (χ1n) is 7.40. The number of imide groups is 1. The summed E-state index contributed by atoms with van der Waals surface area (Å²) in [6.45, 7) is -0.190. The number of nitrogens with zero attached hydrogens (tertiary/aromatic N) is 1. The van der Waals surface area contributed by atoms with E-state index < -0.39 is 5.41 Å². The second kappa shape index (κ2) is 5.98. The van der Waals surface area contributed by atoms with Crippen molar-refractivity contribution < 1.29 is 14.4 Å². The van der Waals surface area contributed by atoms with Crippen molar-refractivity contribution in [3.05, 3.63) is 27.8 Å². The largest absolute Gasteiger partial charge is 0.324 e. The van der Waals surface area contributed by atoms with Crippen molar-refractivity contribution in [2.24, 2.45) is 5.41 Å². The normalized spacial score (nSPS) is 20.0. The Balaban J connectivity index is 1.66. The maximum absolute atomic E-state index is 12.5. The highest BCUT2D eigenvalue weighted by molar-refractivity contribution is 14.1. The number of amides is 3. The van der Waals surface area contributed by atoms with Crippen molar-refractivity contribution in [1.82, 2.24) is 4.90 Å². The predicted octanol–water partition coefficient (Wildman–Crippen LogP) is 2.55. The van der Waals surface area contributed by atoms with Gasteiger partial charge in [-0.2, -0.15) is 0 Å². The molecule has 6 heteroatoms. The summed E-state index contributed by atoms with van der Waals surface area (Å²) in [5.41, 5.74) is 0.158. The van der Waals surface area contributed by atoms with Gasteiger partial charge in [-0.1, -0.05) is 18.9 Å². The van der Waals surface area contributed by atoms with Crippen LogP contribution in [0.4, 0.5) is 5.69 Å². The number of nitrogens with one attached hydrogen (secondary N) is 1. The number of halogens is 1. The molecule has 2 fully saturated rings. The van der Waals surface area contributed by atoms with Gasteiger partial charge in [-0.15, -0.1) is 0 Å². The van der Waals surface area contributed by atoms with Crippen LogP contribution in [0.1, 0.15) is 32.1 Å². The van der Waals surface area contributed by atoms with Gasteiger partial charge in [0, 0.05) is 15.7 Å². The molecule has 3 amide bonds. The Labute approximate surface area is 142 Å². The fourth-order valence-electron chi connectivity index (χ4n) is 3.37. The first-order chi connectivity index (χ1) is 10.5. The summed E-state index contributed by atoms with van der Waals surface area (Å²) in [5.74, 6) is -0.712. The zero-order valence-corrected chi connectivity index (χ0v) is 14.3. The number of benzene rings is 1. The lowest BCUT2D eigenvalue weighted by Crippen LogP contribution is -2.39. The summed E-state index contributed by atoms with van der Waals surface area (Å²) in [5, 5.41) is 2.74. The molecular formula is C16H17IN2O3. The van der Waals surface area contributed by atoms with E-state index in [1.165, 1.54) is 0 Å². The summed E-state index contributed by atoms with van der Waals surface area (Å²) in [6.07, 6.45) is 3.78. The number of carbonyl (C=O) groups excluding carboxylic acids is 3. The van der Waals surface area contributed by atoms with E-state index in [1.807, 2.05) is 18.2 Å². The van der Waals surface area contributed by atoms with Crippen LogP contribution in [0.15, 0.2) is 24.3 Å².